The average Bonchev–Trinajstić information content (AvgIpc) is 2.70. The lowest BCUT2D eigenvalue weighted by molar-refractivity contribution is -0.140. The molecule has 1 aliphatic heterocycles. The number of hydrogen-bond donors (Lipinski definition) is 1. The number of nitrogens with zero attached hydrogens (tertiary/aromatic N) is 2. The number of piperidine rings is 1. The number of methoxy groups -OCH3 is 1. The van der Waals surface area contributed by atoms with Crippen LogP contribution < -0.4 is 5.32 Å². The van der Waals surface area contributed by atoms with Crippen molar-refractivity contribution in [2.24, 2.45) is 10.9 Å². The molecular weight excluding hydrogens is 453 g/mol. The van der Waals surface area contributed by atoms with E-state index >= 15 is 0 Å². The third kappa shape index (κ3) is 7.31. The average molecular weight is 487 g/mol. The number of rotatable bonds is 7. The van der Waals surface area contributed by atoms with Gasteiger partial charge in [0.25, 0.3) is 0 Å². The molecule has 0 aromatic heterocycles. The predicted molar refractivity (Wildman–Crippen MR) is 122 cm³/mol. The fourth-order valence-electron chi connectivity index (χ4n) is 3.81. The van der Waals surface area contributed by atoms with E-state index in [1.54, 1.807) is 0 Å². The summed E-state index contributed by atoms with van der Waals surface area (Å²) >= 11 is 0. The Bertz CT molecular complexity index is 580. The number of unbranched alkanes of at least 4 members (excludes halogenated alkanes) is 1. The lowest BCUT2D eigenvalue weighted by atomic mass is 9.79. The number of hydrogen-bond acceptors (Lipinski definition) is 3. The van der Waals surface area contributed by atoms with Crippen LogP contribution in [0.2, 0.25) is 0 Å². The van der Waals surface area contributed by atoms with Gasteiger partial charge in [0, 0.05) is 33.1 Å². The Kier molecular flexibility index (Phi) is 11.4. The molecule has 0 bridgehead atoms. The van der Waals surface area contributed by atoms with Crippen molar-refractivity contribution in [2.45, 2.75) is 44.9 Å². The van der Waals surface area contributed by atoms with E-state index in [1.807, 2.05) is 7.05 Å². The van der Waals surface area contributed by atoms with E-state index < -0.39 is 0 Å². The van der Waals surface area contributed by atoms with Gasteiger partial charge in [-0.05, 0) is 36.7 Å². The standard InChI is InChI=1S/C21H33N3O2.HI/c1-4-17-16-24(15-13-19(17)18-10-6-5-7-11-18)21(22-2)23-14-9-8-12-20(25)26-3;/h5-7,10-11,17,19H,4,8-9,12-16H2,1-3H3,(H,22,23);1H. The van der Waals surface area contributed by atoms with Crippen LogP contribution in [0, 0.1) is 5.92 Å². The van der Waals surface area contributed by atoms with Gasteiger partial charge < -0.3 is 15.0 Å². The molecule has 0 saturated carbocycles. The monoisotopic (exact) mass is 487 g/mol. The number of nitrogens with one attached hydrogen (secondary N) is 1. The molecule has 1 aliphatic rings. The van der Waals surface area contributed by atoms with Gasteiger partial charge in [-0.25, -0.2) is 0 Å². The van der Waals surface area contributed by atoms with E-state index in [0.717, 1.165) is 44.9 Å². The molecule has 1 fully saturated rings. The van der Waals surface area contributed by atoms with Gasteiger partial charge in [-0.3, -0.25) is 9.79 Å². The highest BCUT2D eigenvalue weighted by molar-refractivity contribution is 14.0. The van der Waals surface area contributed by atoms with Crippen molar-refractivity contribution in [3.8, 4) is 0 Å². The zero-order valence-electron chi connectivity index (χ0n) is 16.8. The van der Waals surface area contributed by atoms with Gasteiger partial charge in [0.05, 0.1) is 7.11 Å². The van der Waals surface area contributed by atoms with E-state index in [-0.39, 0.29) is 29.9 Å². The SMILES string of the molecule is CCC1CN(C(=NC)NCCCCC(=O)OC)CCC1c1ccccc1.I. The Hall–Kier alpha value is -1.31. The summed E-state index contributed by atoms with van der Waals surface area (Å²) in [6.07, 6.45) is 4.59. The molecule has 2 atom stereocenters. The van der Waals surface area contributed by atoms with Crippen LogP contribution in [0.1, 0.15) is 50.5 Å². The van der Waals surface area contributed by atoms with E-state index in [4.69, 9.17) is 0 Å². The lowest BCUT2D eigenvalue weighted by Gasteiger charge is -2.40. The Labute approximate surface area is 181 Å². The molecule has 1 saturated heterocycles. The molecule has 0 aliphatic carbocycles. The number of carbonyl (C=O) groups excluding carboxylic acids is 1. The highest BCUT2D eigenvalue weighted by Gasteiger charge is 2.30. The van der Waals surface area contributed by atoms with Crippen molar-refractivity contribution in [2.75, 3.05) is 33.8 Å². The number of carbonyl (C=O) groups is 1. The van der Waals surface area contributed by atoms with Crippen molar-refractivity contribution < 1.29 is 9.53 Å². The highest BCUT2D eigenvalue weighted by atomic mass is 127. The summed E-state index contributed by atoms with van der Waals surface area (Å²) in [4.78, 5) is 18.0. The lowest BCUT2D eigenvalue weighted by Crippen LogP contribution is -2.48. The van der Waals surface area contributed by atoms with Gasteiger partial charge >= 0.3 is 5.97 Å². The number of guanidine groups is 1. The van der Waals surface area contributed by atoms with Crippen molar-refractivity contribution in [1.29, 1.82) is 0 Å². The first-order chi connectivity index (χ1) is 12.7. The Morgan fingerprint density at radius 2 is 2.04 bits per heavy atom. The minimum Gasteiger partial charge on any atom is -0.469 e. The third-order valence-electron chi connectivity index (χ3n) is 5.32. The predicted octanol–water partition coefficient (Wildman–Crippen LogP) is 4.04. The zero-order chi connectivity index (χ0) is 18.8. The first kappa shape index (κ1) is 23.7. The highest BCUT2D eigenvalue weighted by Crippen LogP contribution is 2.34. The van der Waals surface area contributed by atoms with Crippen LogP contribution >= 0.6 is 24.0 Å². The van der Waals surface area contributed by atoms with Gasteiger partial charge in [-0.15, -0.1) is 24.0 Å². The fraction of sp³-hybridized carbons (Fsp3) is 0.619. The molecule has 2 unspecified atom stereocenters. The second-order valence-corrected chi connectivity index (χ2v) is 6.93. The summed E-state index contributed by atoms with van der Waals surface area (Å²) in [6, 6.07) is 10.9. The molecule has 2 rings (SSSR count). The van der Waals surface area contributed by atoms with Crippen molar-refractivity contribution in [1.82, 2.24) is 10.2 Å². The van der Waals surface area contributed by atoms with Gasteiger partial charge in [0.1, 0.15) is 0 Å². The number of benzene rings is 1. The molecule has 0 amide bonds. The van der Waals surface area contributed by atoms with E-state index in [9.17, 15) is 4.79 Å². The number of esters is 1. The van der Waals surface area contributed by atoms with Crippen LogP contribution in [0.4, 0.5) is 0 Å². The Balaban J connectivity index is 0.00000364. The maximum absolute atomic E-state index is 11.2. The molecule has 152 valence electrons. The summed E-state index contributed by atoms with van der Waals surface area (Å²) in [6.45, 7) is 5.18. The van der Waals surface area contributed by atoms with Crippen molar-refractivity contribution in [3.05, 3.63) is 35.9 Å². The molecule has 1 aromatic carbocycles. The molecule has 27 heavy (non-hydrogen) atoms. The van der Waals surface area contributed by atoms with Crippen LogP contribution in [0.25, 0.3) is 0 Å². The number of likely N-dealkylation sites (tertiary alicyclic amines) is 1. The first-order valence-electron chi connectivity index (χ1n) is 9.77. The number of ether oxygens (including phenoxy) is 1. The van der Waals surface area contributed by atoms with E-state index in [1.165, 1.54) is 19.1 Å². The van der Waals surface area contributed by atoms with E-state index in [0.29, 0.717) is 18.3 Å². The summed E-state index contributed by atoms with van der Waals surface area (Å²) in [5.41, 5.74) is 1.46. The molecular formula is C21H34IN3O2. The van der Waals surface area contributed by atoms with Crippen LogP contribution in [0.15, 0.2) is 35.3 Å². The summed E-state index contributed by atoms with van der Waals surface area (Å²) in [7, 11) is 3.28. The zero-order valence-corrected chi connectivity index (χ0v) is 19.1. The third-order valence-corrected chi connectivity index (χ3v) is 5.32. The molecule has 1 N–H and O–H groups in total. The van der Waals surface area contributed by atoms with Gasteiger partial charge in [-0.2, -0.15) is 0 Å². The second-order valence-electron chi connectivity index (χ2n) is 6.93. The number of halogens is 1. The largest absolute Gasteiger partial charge is 0.469 e. The summed E-state index contributed by atoms with van der Waals surface area (Å²) < 4.78 is 4.67. The van der Waals surface area contributed by atoms with Crippen LogP contribution in [-0.4, -0.2) is 50.6 Å². The summed E-state index contributed by atoms with van der Waals surface area (Å²) in [5, 5.41) is 3.45. The van der Waals surface area contributed by atoms with Gasteiger partial charge in [0.2, 0.25) is 0 Å². The quantitative estimate of drug-likeness (QED) is 0.208. The van der Waals surface area contributed by atoms with Gasteiger partial charge in [-0.1, -0.05) is 43.7 Å². The molecule has 1 aromatic rings. The van der Waals surface area contributed by atoms with Crippen LogP contribution in [0.3, 0.4) is 0 Å². The maximum atomic E-state index is 11.2. The molecule has 6 heteroatoms. The summed E-state index contributed by atoms with van der Waals surface area (Å²) in [5.74, 6) is 2.12. The minimum absolute atomic E-state index is 0. The Morgan fingerprint density at radius 1 is 1.30 bits per heavy atom. The van der Waals surface area contributed by atoms with Crippen LogP contribution in [0.5, 0.6) is 0 Å². The van der Waals surface area contributed by atoms with Crippen molar-refractivity contribution >= 4 is 35.9 Å². The normalized spacial score (nSPS) is 20.0. The van der Waals surface area contributed by atoms with Crippen molar-refractivity contribution in [3.63, 3.8) is 0 Å². The Morgan fingerprint density at radius 3 is 2.67 bits per heavy atom. The number of aliphatic imine (C=N–C) groups is 1. The molecule has 1 heterocycles. The smallest absolute Gasteiger partial charge is 0.305 e. The van der Waals surface area contributed by atoms with Gasteiger partial charge in [0.15, 0.2) is 5.96 Å². The fourth-order valence-corrected chi connectivity index (χ4v) is 3.81. The van der Waals surface area contributed by atoms with Crippen LogP contribution in [-0.2, 0) is 9.53 Å². The molecule has 0 spiro atoms. The van der Waals surface area contributed by atoms with E-state index in [2.05, 4.69) is 57.2 Å². The first-order valence-corrected chi connectivity index (χ1v) is 9.77. The topological polar surface area (TPSA) is 53.9 Å². The molecule has 0 radical (unpaired) electrons. The maximum Gasteiger partial charge on any atom is 0.305 e. The minimum atomic E-state index is -0.136. The second kappa shape index (κ2) is 13.0. The molecule has 5 nitrogen and oxygen atoms in total.